The summed E-state index contributed by atoms with van der Waals surface area (Å²) in [7, 11) is 0. The van der Waals surface area contributed by atoms with Gasteiger partial charge in [0.15, 0.2) is 0 Å². The van der Waals surface area contributed by atoms with E-state index in [0.717, 1.165) is 31.2 Å². The number of aromatic carboxylic acids is 1. The molecule has 0 aromatic heterocycles. The number of fused-ring (bicyclic) bond motifs is 7. The minimum absolute atomic E-state index is 0.000237. The van der Waals surface area contributed by atoms with E-state index in [-0.39, 0.29) is 39.7 Å². The Balaban J connectivity index is 1.27. The van der Waals surface area contributed by atoms with Crippen molar-refractivity contribution in [2.45, 2.75) is 104 Å². The van der Waals surface area contributed by atoms with Gasteiger partial charge >= 0.3 is 5.97 Å². The van der Waals surface area contributed by atoms with Crippen LogP contribution in [0.25, 0.3) is 5.57 Å². The summed E-state index contributed by atoms with van der Waals surface area (Å²) in [6.45, 7) is 12.8. The Kier molecular flexibility index (Phi) is 7.50. The lowest BCUT2D eigenvalue weighted by Crippen LogP contribution is -2.68. The van der Waals surface area contributed by atoms with E-state index < -0.39 is 5.97 Å². The van der Waals surface area contributed by atoms with E-state index >= 15 is 0 Å². The summed E-state index contributed by atoms with van der Waals surface area (Å²) in [4.78, 5) is 24.6. The van der Waals surface area contributed by atoms with E-state index in [1.807, 2.05) is 12.1 Å². The Bertz CT molecular complexity index is 1370. The van der Waals surface area contributed by atoms with Gasteiger partial charge in [-0.15, -0.1) is 0 Å². The Hall–Kier alpha value is -2.87. The summed E-state index contributed by atoms with van der Waals surface area (Å²) in [6.07, 6.45) is 15.4. The van der Waals surface area contributed by atoms with Gasteiger partial charge in [-0.05, 0) is 126 Å². The van der Waals surface area contributed by atoms with Crippen molar-refractivity contribution >= 4 is 23.8 Å². The summed E-state index contributed by atoms with van der Waals surface area (Å²) in [5, 5.41) is 17.6. The molecule has 1 amide bonds. The Morgan fingerprint density at radius 1 is 0.955 bits per heavy atom. The molecule has 4 fully saturated rings. The molecule has 8 nitrogen and oxygen atoms in total. The highest BCUT2D eigenvalue weighted by atomic mass is 16.4. The lowest BCUT2D eigenvalue weighted by molar-refractivity contribution is -0.217. The normalized spacial score (nSPS) is 40.6. The van der Waals surface area contributed by atoms with Crippen molar-refractivity contribution in [2.24, 2.45) is 62.1 Å². The van der Waals surface area contributed by atoms with Gasteiger partial charge in [0, 0.05) is 5.54 Å². The summed E-state index contributed by atoms with van der Waals surface area (Å²) >= 11 is 0. The molecular weight excluding hydrogens is 550 g/mol. The average Bonchev–Trinajstić information content (AvgIpc) is 3.37. The molecule has 6 N–H and O–H groups in total. The fourth-order valence-electron chi connectivity index (χ4n) is 12.3. The molecule has 1 aromatic rings. The molecule has 44 heavy (non-hydrogen) atoms. The first-order valence-electron chi connectivity index (χ1n) is 16.8. The van der Waals surface area contributed by atoms with Crippen LogP contribution in [-0.4, -0.2) is 40.4 Å². The van der Waals surface area contributed by atoms with E-state index in [1.165, 1.54) is 55.4 Å². The summed E-state index contributed by atoms with van der Waals surface area (Å²) < 4.78 is 0. The Morgan fingerprint density at radius 2 is 1.68 bits per heavy atom. The third-order valence-electron chi connectivity index (χ3n) is 14.3. The molecule has 0 saturated heterocycles. The molecule has 4 saturated carbocycles. The topological polar surface area (TPSA) is 134 Å². The van der Waals surface area contributed by atoms with Gasteiger partial charge in [0.2, 0.25) is 5.91 Å². The second-order valence-electron chi connectivity index (χ2n) is 16.2. The lowest BCUT2D eigenvalue weighted by Gasteiger charge is -2.72. The average molecular weight is 604 g/mol. The molecule has 240 valence electrons. The zero-order valence-electron chi connectivity index (χ0n) is 27.4. The van der Waals surface area contributed by atoms with Crippen LogP contribution in [0, 0.1) is 45.3 Å². The second kappa shape index (κ2) is 10.6. The van der Waals surface area contributed by atoms with Crippen molar-refractivity contribution in [3.8, 4) is 0 Å². The van der Waals surface area contributed by atoms with Crippen molar-refractivity contribution in [1.29, 1.82) is 0 Å². The van der Waals surface area contributed by atoms with Crippen LogP contribution < -0.4 is 17.0 Å². The molecular formula is C36H53N5O3. The number of allylic oxidation sites excluding steroid dienone is 2. The fraction of sp³-hybridized carbons (Fsp3) is 0.694. The van der Waals surface area contributed by atoms with Crippen molar-refractivity contribution in [3.63, 3.8) is 0 Å². The van der Waals surface area contributed by atoms with Crippen molar-refractivity contribution in [2.75, 3.05) is 6.54 Å². The number of hydrazone groups is 1. The van der Waals surface area contributed by atoms with Gasteiger partial charge in [-0.1, -0.05) is 59.2 Å². The first-order valence-corrected chi connectivity index (χ1v) is 16.8. The van der Waals surface area contributed by atoms with Crippen molar-refractivity contribution in [1.82, 2.24) is 10.3 Å². The van der Waals surface area contributed by atoms with Crippen LogP contribution in [0.15, 0.2) is 35.4 Å². The standard InChI is InChI=1S/C36H53N5O3/c1-32(2)25(23-8-10-24(11-9-23)31(43)44)14-17-33(3)28(32)15-18-35(5)29(33)13-12-26-27-7-6-16-36(27,20-19-34(26,35)4)40-30(42)21-41(38)22-39-37/h8-11,14,22,26-29H,6-7,12-13,15-21,37-38H2,1-5H3,(H,40,42)(H,43,44)/b39-22-/t26-,27?,28?,29?,33+,34-,35-,36+/m1/s1. The zero-order valence-corrected chi connectivity index (χ0v) is 27.4. The highest BCUT2D eigenvalue weighted by Gasteiger charge is 2.69. The monoisotopic (exact) mass is 603 g/mol. The van der Waals surface area contributed by atoms with Crippen LogP contribution >= 0.6 is 0 Å². The number of benzene rings is 1. The van der Waals surface area contributed by atoms with E-state index in [2.05, 4.69) is 51.1 Å². The highest BCUT2D eigenvalue weighted by Crippen LogP contribution is 2.76. The third kappa shape index (κ3) is 4.45. The number of nitrogens with one attached hydrogen (secondary N) is 1. The van der Waals surface area contributed by atoms with Gasteiger partial charge in [-0.3, -0.25) is 9.80 Å². The maximum Gasteiger partial charge on any atom is 0.335 e. The maximum absolute atomic E-state index is 13.1. The second-order valence-corrected chi connectivity index (χ2v) is 16.2. The molecule has 5 aliphatic carbocycles. The Morgan fingerprint density at radius 3 is 2.36 bits per heavy atom. The number of hydrogen-bond acceptors (Lipinski definition) is 5. The first kappa shape index (κ1) is 31.1. The van der Waals surface area contributed by atoms with Crippen molar-refractivity contribution in [3.05, 3.63) is 41.5 Å². The molecule has 6 rings (SSSR count). The van der Waals surface area contributed by atoms with Crippen LogP contribution in [0.3, 0.4) is 0 Å². The molecule has 0 bridgehead atoms. The number of nitrogens with two attached hydrogens (primary N) is 2. The molecule has 8 atom stereocenters. The van der Waals surface area contributed by atoms with E-state index in [4.69, 9.17) is 11.7 Å². The molecule has 0 aliphatic heterocycles. The molecule has 5 aliphatic rings. The number of carbonyl (C=O) groups is 2. The van der Waals surface area contributed by atoms with E-state index in [0.29, 0.717) is 29.2 Å². The lowest BCUT2D eigenvalue weighted by atomic mass is 9.33. The number of amides is 1. The smallest absolute Gasteiger partial charge is 0.335 e. The van der Waals surface area contributed by atoms with Gasteiger partial charge in [0.25, 0.3) is 0 Å². The Labute approximate surface area is 263 Å². The zero-order chi connectivity index (χ0) is 31.7. The minimum atomic E-state index is -0.878. The highest BCUT2D eigenvalue weighted by molar-refractivity contribution is 5.88. The molecule has 0 heterocycles. The number of carboxylic acid groups (broad SMARTS) is 1. The molecule has 0 spiro atoms. The maximum atomic E-state index is 13.1. The number of nitrogens with zero attached hydrogens (tertiary/aromatic N) is 2. The first-order chi connectivity index (χ1) is 20.7. The SMILES string of the molecule is CC1(C)C(c2ccc(C(=O)O)cc2)=CC[C@@]2(C)C1CC[C@]1(C)C2CC[C@@H]2C3CCC[C@]3(NC(=O)CN(N)/C=N\N)CC[C@]21C. The number of rotatable bonds is 6. The predicted octanol–water partition coefficient (Wildman–Crippen LogP) is 6.18. The molecule has 1 aromatic carbocycles. The van der Waals surface area contributed by atoms with Crippen LogP contribution in [-0.2, 0) is 4.79 Å². The van der Waals surface area contributed by atoms with Crippen molar-refractivity contribution < 1.29 is 14.7 Å². The summed E-state index contributed by atoms with van der Waals surface area (Å²) in [6, 6.07) is 7.50. The quantitative estimate of drug-likeness (QED) is 0.133. The largest absolute Gasteiger partial charge is 0.478 e. The van der Waals surface area contributed by atoms with Crippen LogP contribution in [0.2, 0.25) is 0 Å². The van der Waals surface area contributed by atoms with Crippen LogP contribution in [0.4, 0.5) is 0 Å². The number of carboxylic acids is 1. The van der Waals surface area contributed by atoms with E-state index in [1.54, 1.807) is 12.1 Å². The summed E-state index contributed by atoms with van der Waals surface area (Å²) in [5.41, 5.74) is 3.43. The van der Waals surface area contributed by atoms with Gasteiger partial charge in [-0.2, -0.15) is 5.10 Å². The van der Waals surface area contributed by atoms with Crippen LogP contribution in [0.1, 0.15) is 115 Å². The molecule has 8 heteroatoms. The van der Waals surface area contributed by atoms with Gasteiger partial charge in [-0.25, -0.2) is 10.6 Å². The summed E-state index contributed by atoms with van der Waals surface area (Å²) in [5.74, 6) is 12.5. The predicted molar refractivity (Wildman–Crippen MR) is 174 cm³/mol. The van der Waals surface area contributed by atoms with E-state index in [9.17, 15) is 14.7 Å². The number of carbonyl (C=O) groups excluding carboxylic acids is 1. The fourth-order valence-corrected chi connectivity index (χ4v) is 12.3. The van der Waals surface area contributed by atoms with Crippen LogP contribution in [0.5, 0.6) is 0 Å². The number of hydrogen-bond donors (Lipinski definition) is 4. The minimum Gasteiger partial charge on any atom is -0.478 e. The molecule has 0 radical (unpaired) electrons. The third-order valence-corrected chi connectivity index (χ3v) is 14.3. The van der Waals surface area contributed by atoms with Gasteiger partial charge in [0.05, 0.1) is 5.56 Å². The van der Waals surface area contributed by atoms with Gasteiger partial charge in [0.1, 0.15) is 12.9 Å². The molecule has 3 unspecified atom stereocenters. The van der Waals surface area contributed by atoms with Gasteiger partial charge < -0.3 is 16.3 Å². The number of hydrazine groups is 1.